The summed E-state index contributed by atoms with van der Waals surface area (Å²) in [4.78, 5) is 8.69. The first-order valence-electron chi connectivity index (χ1n) is 6.22. The molecule has 2 aromatic rings. The fourth-order valence-electron chi connectivity index (χ4n) is 1.92. The largest absolute Gasteiger partial charge is 0.378 e. The second kappa shape index (κ2) is 5.65. The van der Waals surface area contributed by atoms with Crippen LogP contribution < -0.4 is 5.73 Å². The Morgan fingerprint density at radius 2 is 1.48 bits per heavy atom. The zero-order chi connectivity index (χ0) is 14.8. The lowest BCUT2D eigenvalue weighted by Crippen LogP contribution is -2.17. The van der Waals surface area contributed by atoms with Crippen LogP contribution in [-0.2, 0) is 0 Å². The van der Waals surface area contributed by atoms with Gasteiger partial charge in [0.2, 0.25) is 0 Å². The van der Waals surface area contributed by atoms with Crippen LogP contribution in [0.1, 0.15) is 16.5 Å². The first-order chi connectivity index (χ1) is 10.1. The van der Waals surface area contributed by atoms with Crippen molar-refractivity contribution in [2.45, 2.75) is 5.37 Å². The van der Waals surface area contributed by atoms with Gasteiger partial charge in [0.15, 0.2) is 11.0 Å². The van der Waals surface area contributed by atoms with E-state index in [1.807, 2.05) is 0 Å². The van der Waals surface area contributed by atoms with Gasteiger partial charge >= 0.3 is 0 Å². The smallest absolute Gasteiger partial charge is 0.163 e. The minimum absolute atomic E-state index is 0.289. The van der Waals surface area contributed by atoms with Crippen LogP contribution in [0.5, 0.6) is 0 Å². The van der Waals surface area contributed by atoms with Crippen LogP contribution in [0.2, 0.25) is 0 Å². The van der Waals surface area contributed by atoms with E-state index in [9.17, 15) is 8.78 Å². The monoisotopic (exact) mass is 303 g/mol. The summed E-state index contributed by atoms with van der Waals surface area (Å²) in [5.74, 6) is -0.180. The summed E-state index contributed by atoms with van der Waals surface area (Å²) < 4.78 is 26.0. The summed E-state index contributed by atoms with van der Waals surface area (Å²) in [7, 11) is 0. The lowest BCUT2D eigenvalue weighted by atomic mass is 10.2. The maximum atomic E-state index is 13.0. The van der Waals surface area contributed by atoms with E-state index in [1.165, 1.54) is 36.0 Å². The van der Waals surface area contributed by atoms with Crippen molar-refractivity contribution in [1.82, 2.24) is 0 Å². The van der Waals surface area contributed by atoms with Gasteiger partial charge in [-0.1, -0.05) is 23.9 Å². The Morgan fingerprint density at radius 1 is 0.905 bits per heavy atom. The van der Waals surface area contributed by atoms with Gasteiger partial charge in [0, 0.05) is 5.56 Å². The van der Waals surface area contributed by atoms with Crippen molar-refractivity contribution in [2.24, 2.45) is 15.7 Å². The first kappa shape index (κ1) is 13.8. The second-order valence-electron chi connectivity index (χ2n) is 4.43. The normalized spacial score (nSPS) is 18.1. The Balaban J connectivity index is 1.95. The highest BCUT2D eigenvalue weighted by Crippen LogP contribution is 2.34. The molecule has 1 aliphatic rings. The molecular weight excluding hydrogens is 292 g/mol. The minimum atomic E-state index is -0.323. The highest BCUT2D eigenvalue weighted by Gasteiger charge is 2.20. The number of amidine groups is 2. The third-order valence-corrected chi connectivity index (χ3v) is 3.88. The van der Waals surface area contributed by atoms with Crippen molar-refractivity contribution in [3.05, 3.63) is 71.3 Å². The molecule has 2 N–H and O–H groups in total. The summed E-state index contributed by atoms with van der Waals surface area (Å²) in [5, 5.41) is 0.0850. The Bertz CT molecular complexity index is 709. The van der Waals surface area contributed by atoms with Crippen molar-refractivity contribution in [3.8, 4) is 0 Å². The van der Waals surface area contributed by atoms with Gasteiger partial charge in [-0.05, 0) is 42.0 Å². The standard InChI is InChI=1S/C15H11F2N3S/c16-11-5-1-9(2-6-11)13-19-14(21-15(18)20-13)10-3-7-12(17)8-4-10/h1-8,14H,(H2,18,19,20). The van der Waals surface area contributed by atoms with Gasteiger partial charge in [-0.15, -0.1) is 0 Å². The van der Waals surface area contributed by atoms with Crippen LogP contribution in [0, 0.1) is 11.6 Å². The summed E-state index contributed by atoms with van der Waals surface area (Å²) in [6.07, 6.45) is 0. The van der Waals surface area contributed by atoms with E-state index in [4.69, 9.17) is 5.73 Å². The third kappa shape index (κ3) is 3.11. The number of rotatable bonds is 2. The topological polar surface area (TPSA) is 50.7 Å². The molecule has 0 aliphatic carbocycles. The Labute approximate surface area is 124 Å². The zero-order valence-electron chi connectivity index (χ0n) is 10.8. The molecule has 1 atom stereocenters. The summed E-state index contributed by atoms with van der Waals surface area (Å²) >= 11 is 1.29. The number of hydrogen-bond acceptors (Lipinski definition) is 4. The Hall–Kier alpha value is -2.21. The van der Waals surface area contributed by atoms with Gasteiger partial charge in [0.1, 0.15) is 17.0 Å². The van der Waals surface area contributed by atoms with Gasteiger partial charge in [-0.2, -0.15) is 0 Å². The fraction of sp³-hybridized carbons (Fsp3) is 0.0667. The van der Waals surface area contributed by atoms with Crippen LogP contribution in [0.4, 0.5) is 8.78 Å². The fourth-order valence-corrected chi connectivity index (χ4v) is 2.73. The molecule has 1 unspecified atom stereocenters. The van der Waals surface area contributed by atoms with Gasteiger partial charge in [-0.25, -0.2) is 18.8 Å². The second-order valence-corrected chi connectivity index (χ2v) is 5.53. The molecular formula is C15H11F2N3S. The number of aliphatic imine (C=N–C) groups is 2. The Morgan fingerprint density at radius 3 is 2.10 bits per heavy atom. The number of halogens is 2. The molecule has 0 saturated carbocycles. The highest BCUT2D eigenvalue weighted by molar-refractivity contribution is 8.14. The van der Waals surface area contributed by atoms with Gasteiger partial charge < -0.3 is 5.73 Å². The number of nitrogens with two attached hydrogens (primary N) is 1. The van der Waals surface area contributed by atoms with E-state index in [0.29, 0.717) is 16.6 Å². The van der Waals surface area contributed by atoms with Crippen LogP contribution in [0.15, 0.2) is 58.5 Å². The molecule has 3 rings (SSSR count). The molecule has 2 aromatic carbocycles. The zero-order valence-corrected chi connectivity index (χ0v) is 11.6. The maximum absolute atomic E-state index is 13.0. The van der Waals surface area contributed by atoms with E-state index in [1.54, 1.807) is 24.3 Å². The highest BCUT2D eigenvalue weighted by atomic mass is 32.2. The van der Waals surface area contributed by atoms with Crippen LogP contribution in [0.25, 0.3) is 0 Å². The number of hydrogen-bond donors (Lipinski definition) is 1. The van der Waals surface area contributed by atoms with Crippen LogP contribution in [-0.4, -0.2) is 11.0 Å². The summed E-state index contributed by atoms with van der Waals surface area (Å²) in [5.41, 5.74) is 7.35. The number of thioether (sulfide) groups is 1. The van der Waals surface area contributed by atoms with Gasteiger partial charge in [-0.3, -0.25) is 0 Å². The average Bonchev–Trinajstić information content (AvgIpc) is 2.48. The SMILES string of the molecule is NC1=NC(c2ccc(F)cc2)=NC(c2ccc(F)cc2)S1. The van der Waals surface area contributed by atoms with E-state index in [2.05, 4.69) is 9.98 Å². The molecule has 0 bridgehead atoms. The first-order valence-corrected chi connectivity index (χ1v) is 7.10. The number of benzene rings is 2. The molecule has 0 saturated heterocycles. The summed E-state index contributed by atoms with van der Waals surface area (Å²) in [6, 6.07) is 12.0. The van der Waals surface area contributed by atoms with Crippen molar-refractivity contribution < 1.29 is 8.78 Å². The minimum Gasteiger partial charge on any atom is -0.378 e. The third-order valence-electron chi connectivity index (χ3n) is 2.95. The van der Waals surface area contributed by atoms with E-state index >= 15 is 0 Å². The Kier molecular flexibility index (Phi) is 3.70. The molecule has 1 aliphatic heterocycles. The predicted octanol–water partition coefficient (Wildman–Crippen LogP) is 3.47. The van der Waals surface area contributed by atoms with E-state index < -0.39 is 0 Å². The quantitative estimate of drug-likeness (QED) is 0.923. The van der Waals surface area contributed by atoms with Gasteiger partial charge in [0.25, 0.3) is 0 Å². The molecule has 106 valence electrons. The molecule has 0 aromatic heterocycles. The van der Waals surface area contributed by atoms with Crippen molar-refractivity contribution in [2.75, 3.05) is 0 Å². The van der Waals surface area contributed by atoms with Crippen molar-refractivity contribution in [1.29, 1.82) is 0 Å². The maximum Gasteiger partial charge on any atom is 0.163 e. The molecule has 0 radical (unpaired) electrons. The molecule has 3 nitrogen and oxygen atoms in total. The summed E-state index contributed by atoms with van der Waals surface area (Å²) in [6.45, 7) is 0. The van der Waals surface area contributed by atoms with E-state index in [-0.39, 0.29) is 17.0 Å². The van der Waals surface area contributed by atoms with Gasteiger partial charge in [0.05, 0.1) is 0 Å². The van der Waals surface area contributed by atoms with Crippen LogP contribution in [0.3, 0.4) is 0 Å². The molecule has 0 spiro atoms. The molecule has 0 fully saturated rings. The number of nitrogens with zero attached hydrogens (tertiary/aromatic N) is 2. The molecule has 6 heteroatoms. The van der Waals surface area contributed by atoms with Crippen molar-refractivity contribution in [3.63, 3.8) is 0 Å². The molecule has 21 heavy (non-hydrogen) atoms. The van der Waals surface area contributed by atoms with E-state index in [0.717, 1.165) is 5.56 Å². The lowest BCUT2D eigenvalue weighted by molar-refractivity contribution is 0.627. The molecule has 1 heterocycles. The van der Waals surface area contributed by atoms with Crippen molar-refractivity contribution >= 4 is 22.8 Å². The average molecular weight is 303 g/mol. The van der Waals surface area contributed by atoms with Crippen LogP contribution >= 0.6 is 11.8 Å². The lowest BCUT2D eigenvalue weighted by Gasteiger charge is -2.18. The predicted molar refractivity (Wildman–Crippen MR) is 81.3 cm³/mol. The molecule has 0 amide bonds.